The predicted molar refractivity (Wildman–Crippen MR) is 78.8 cm³/mol. The van der Waals surface area contributed by atoms with Crippen LogP contribution in [0.1, 0.15) is 12.5 Å². The maximum Gasteiger partial charge on any atom is 0.221 e. The van der Waals surface area contributed by atoms with Crippen molar-refractivity contribution in [2.75, 3.05) is 5.32 Å². The van der Waals surface area contributed by atoms with Crippen LogP contribution in [0.5, 0.6) is 5.75 Å². The van der Waals surface area contributed by atoms with Crippen molar-refractivity contribution >= 4 is 24.2 Å². The van der Waals surface area contributed by atoms with E-state index in [0.717, 1.165) is 5.56 Å². The van der Waals surface area contributed by atoms with Crippen LogP contribution in [-0.4, -0.2) is 5.91 Å². The van der Waals surface area contributed by atoms with Crippen molar-refractivity contribution in [3.8, 4) is 5.75 Å². The molecule has 19 heavy (non-hydrogen) atoms. The average molecular weight is 273 g/mol. The van der Waals surface area contributed by atoms with Crippen LogP contribution in [0.2, 0.25) is 0 Å². The zero-order valence-electron chi connectivity index (χ0n) is 10.6. The van der Waals surface area contributed by atoms with E-state index in [4.69, 9.17) is 4.74 Å². The number of nitrogens with one attached hydrogen (secondary N) is 1. The molecule has 0 saturated heterocycles. The Morgan fingerprint density at radius 3 is 2.58 bits per heavy atom. The molecule has 3 nitrogen and oxygen atoms in total. The number of carbonyl (C=O) groups excluding carboxylic acids is 1. The molecule has 1 N–H and O–H groups in total. The standard InChI is InChI=1S/C15H15NO2S/c1-11(17)16-13-7-8-14(15(19)9-13)18-10-12-5-3-2-4-6-12/h2-9,19H,10H2,1H3,(H,16,17). The molecule has 98 valence electrons. The topological polar surface area (TPSA) is 38.3 Å². The number of amides is 1. The molecule has 4 heteroatoms. The lowest BCUT2D eigenvalue weighted by Gasteiger charge is -2.10. The quantitative estimate of drug-likeness (QED) is 0.837. The van der Waals surface area contributed by atoms with Gasteiger partial charge in [0.2, 0.25) is 5.91 Å². The van der Waals surface area contributed by atoms with Crippen LogP contribution in [0.3, 0.4) is 0 Å². The Morgan fingerprint density at radius 2 is 1.95 bits per heavy atom. The summed E-state index contributed by atoms with van der Waals surface area (Å²) in [5.74, 6) is 0.590. The number of rotatable bonds is 4. The normalized spacial score (nSPS) is 10.0. The fourth-order valence-corrected chi connectivity index (χ4v) is 1.93. The van der Waals surface area contributed by atoms with E-state index >= 15 is 0 Å². The van der Waals surface area contributed by atoms with E-state index in [9.17, 15) is 4.79 Å². The van der Waals surface area contributed by atoms with Crippen molar-refractivity contribution < 1.29 is 9.53 Å². The third-order valence-corrected chi connectivity index (χ3v) is 2.87. The molecule has 2 rings (SSSR count). The molecule has 0 heterocycles. The maximum atomic E-state index is 11.0. The Bertz CT molecular complexity index is 570. The van der Waals surface area contributed by atoms with Gasteiger partial charge in [-0.2, -0.15) is 0 Å². The van der Waals surface area contributed by atoms with Gasteiger partial charge in [0.15, 0.2) is 0 Å². The summed E-state index contributed by atoms with van der Waals surface area (Å²) in [5, 5.41) is 2.70. The summed E-state index contributed by atoms with van der Waals surface area (Å²) in [6.45, 7) is 1.96. The van der Waals surface area contributed by atoms with E-state index < -0.39 is 0 Å². The Balaban J connectivity index is 2.03. The van der Waals surface area contributed by atoms with Gasteiger partial charge in [0.1, 0.15) is 12.4 Å². The van der Waals surface area contributed by atoms with E-state index in [0.29, 0.717) is 22.9 Å². The van der Waals surface area contributed by atoms with Gasteiger partial charge in [0.25, 0.3) is 0 Å². The van der Waals surface area contributed by atoms with Crippen molar-refractivity contribution in [1.82, 2.24) is 0 Å². The van der Waals surface area contributed by atoms with Gasteiger partial charge in [-0.3, -0.25) is 4.79 Å². The van der Waals surface area contributed by atoms with E-state index in [1.54, 1.807) is 18.2 Å². The van der Waals surface area contributed by atoms with Gasteiger partial charge in [-0.15, -0.1) is 12.6 Å². The molecular weight excluding hydrogens is 258 g/mol. The third kappa shape index (κ3) is 4.03. The molecule has 0 fully saturated rings. The van der Waals surface area contributed by atoms with Crippen LogP contribution in [0.25, 0.3) is 0 Å². The fourth-order valence-electron chi connectivity index (χ4n) is 1.66. The first kappa shape index (κ1) is 13.5. The first-order valence-corrected chi connectivity index (χ1v) is 6.37. The molecule has 0 aliphatic rings. The Hall–Kier alpha value is -1.94. The monoisotopic (exact) mass is 273 g/mol. The van der Waals surface area contributed by atoms with Crippen LogP contribution in [0.15, 0.2) is 53.4 Å². The largest absolute Gasteiger partial charge is 0.488 e. The lowest BCUT2D eigenvalue weighted by molar-refractivity contribution is -0.114. The fraction of sp³-hybridized carbons (Fsp3) is 0.133. The first-order chi connectivity index (χ1) is 9.15. The van der Waals surface area contributed by atoms with Crippen molar-refractivity contribution in [2.24, 2.45) is 0 Å². The zero-order chi connectivity index (χ0) is 13.7. The molecule has 0 atom stereocenters. The molecule has 2 aromatic rings. The summed E-state index contributed by atoms with van der Waals surface area (Å²) in [5.41, 5.74) is 1.81. The summed E-state index contributed by atoms with van der Waals surface area (Å²) < 4.78 is 5.69. The van der Waals surface area contributed by atoms with Crippen molar-refractivity contribution in [1.29, 1.82) is 0 Å². The second-order valence-electron chi connectivity index (χ2n) is 4.14. The molecular formula is C15H15NO2S. The smallest absolute Gasteiger partial charge is 0.221 e. The van der Waals surface area contributed by atoms with E-state index in [1.165, 1.54) is 6.92 Å². The molecule has 1 amide bonds. The Morgan fingerprint density at radius 1 is 1.21 bits per heavy atom. The predicted octanol–water partition coefficient (Wildman–Crippen LogP) is 3.51. The SMILES string of the molecule is CC(=O)Nc1ccc(OCc2ccccc2)c(S)c1. The van der Waals surface area contributed by atoms with Gasteiger partial charge in [-0.1, -0.05) is 30.3 Å². The summed E-state index contributed by atoms with van der Waals surface area (Å²) in [4.78, 5) is 11.6. The number of anilines is 1. The highest BCUT2D eigenvalue weighted by Gasteiger charge is 2.03. The van der Waals surface area contributed by atoms with Gasteiger partial charge in [0.05, 0.1) is 0 Å². The number of benzene rings is 2. The van der Waals surface area contributed by atoms with Gasteiger partial charge < -0.3 is 10.1 Å². The van der Waals surface area contributed by atoms with Crippen LogP contribution in [-0.2, 0) is 11.4 Å². The summed E-state index contributed by atoms with van der Waals surface area (Å²) >= 11 is 4.36. The number of hydrogen-bond donors (Lipinski definition) is 2. The number of thiol groups is 1. The second-order valence-corrected chi connectivity index (χ2v) is 4.62. The van der Waals surface area contributed by atoms with Gasteiger partial charge >= 0.3 is 0 Å². The van der Waals surface area contributed by atoms with E-state index in [2.05, 4.69) is 17.9 Å². The van der Waals surface area contributed by atoms with Crippen molar-refractivity contribution in [2.45, 2.75) is 18.4 Å². The Kier molecular flexibility index (Phi) is 4.47. The van der Waals surface area contributed by atoms with Gasteiger partial charge in [-0.25, -0.2) is 0 Å². The van der Waals surface area contributed by atoms with Gasteiger partial charge in [0, 0.05) is 17.5 Å². The molecule has 0 saturated carbocycles. The van der Waals surface area contributed by atoms with Crippen molar-refractivity contribution in [3.05, 3.63) is 54.1 Å². The van der Waals surface area contributed by atoms with Crippen LogP contribution < -0.4 is 10.1 Å². The lowest BCUT2D eigenvalue weighted by atomic mass is 10.2. The maximum absolute atomic E-state index is 11.0. The number of ether oxygens (including phenoxy) is 1. The minimum Gasteiger partial charge on any atom is -0.488 e. The molecule has 0 bridgehead atoms. The van der Waals surface area contributed by atoms with Crippen LogP contribution in [0.4, 0.5) is 5.69 Å². The summed E-state index contributed by atoms with van der Waals surface area (Å²) in [6.07, 6.45) is 0. The molecule has 0 unspecified atom stereocenters. The number of hydrogen-bond acceptors (Lipinski definition) is 3. The van der Waals surface area contributed by atoms with Gasteiger partial charge in [-0.05, 0) is 23.8 Å². The molecule has 0 spiro atoms. The Labute approximate surface area is 118 Å². The van der Waals surface area contributed by atoms with Crippen LogP contribution >= 0.6 is 12.6 Å². The molecule has 0 aromatic heterocycles. The third-order valence-electron chi connectivity index (χ3n) is 2.52. The lowest BCUT2D eigenvalue weighted by Crippen LogP contribution is -2.05. The van der Waals surface area contributed by atoms with E-state index in [-0.39, 0.29) is 5.91 Å². The minimum atomic E-state index is -0.106. The second kappa shape index (κ2) is 6.29. The first-order valence-electron chi connectivity index (χ1n) is 5.92. The summed E-state index contributed by atoms with van der Waals surface area (Å²) in [7, 11) is 0. The highest BCUT2D eigenvalue weighted by Crippen LogP contribution is 2.26. The average Bonchev–Trinajstić information content (AvgIpc) is 2.38. The van der Waals surface area contributed by atoms with Crippen molar-refractivity contribution in [3.63, 3.8) is 0 Å². The summed E-state index contributed by atoms with van der Waals surface area (Å²) in [6, 6.07) is 15.3. The molecule has 2 aromatic carbocycles. The zero-order valence-corrected chi connectivity index (χ0v) is 11.5. The molecule has 0 aliphatic carbocycles. The number of carbonyl (C=O) groups is 1. The molecule has 0 radical (unpaired) electrons. The highest BCUT2D eigenvalue weighted by molar-refractivity contribution is 7.80. The van der Waals surface area contributed by atoms with E-state index in [1.807, 2.05) is 30.3 Å². The highest BCUT2D eigenvalue weighted by atomic mass is 32.1. The minimum absolute atomic E-state index is 0.106. The van der Waals surface area contributed by atoms with Crippen LogP contribution in [0, 0.1) is 0 Å². The molecule has 0 aliphatic heterocycles.